The molecule has 1 aromatic carbocycles. The predicted octanol–water partition coefficient (Wildman–Crippen LogP) is 3.97. The number of benzene rings is 1. The number of ether oxygens (including phenoxy) is 2. The van der Waals surface area contributed by atoms with E-state index in [0.717, 1.165) is 25.2 Å². The number of nitrogens with zero attached hydrogens (tertiary/aromatic N) is 1. The standard InChI is InChI=1S/C18H23NO3S/c1-5-8-19(12-15-7-6-13(2)23-15)11-14-9-16(21-3)18(20)17(10-14)22-4/h5-7,9-10,20H,1,8,11-12H2,2-4H3. The largest absolute Gasteiger partial charge is 0.502 e. The molecule has 0 fully saturated rings. The quantitative estimate of drug-likeness (QED) is 0.742. The molecule has 1 N–H and O–H groups in total. The molecule has 0 amide bonds. The maximum absolute atomic E-state index is 10.0. The van der Waals surface area contributed by atoms with E-state index >= 15 is 0 Å². The number of thiophene rings is 1. The SMILES string of the molecule is C=CCN(Cc1cc(OC)c(O)c(OC)c1)Cc1ccc(C)s1. The van der Waals surface area contributed by atoms with Crippen LogP contribution in [0.3, 0.4) is 0 Å². The van der Waals surface area contributed by atoms with Gasteiger partial charge in [-0.1, -0.05) is 6.08 Å². The molecule has 0 spiro atoms. The summed E-state index contributed by atoms with van der Waals surface area (Å²) < 4.78 is 10.4. The van der Waals surface area contributed by atoms with Crippen LogP contribution in [0.5, 0.6) is 17.2 Å². The highest BCUT2D eigenvalue weighted by molar-refractivity contribution is 7.11. The summed E-state index contributed by atoms with van der Waals surface area (Å²) >= 11 is 1.80. The van der Waals surface area contributed by atoms with Gasteiger partial charge in [0.15, 0.2) is 11.5 Å². The fourth-order valence-corrected chi connectivity index (χ4v) is 3.39. The molecular formula is C18H23NO3S. The van der Waals surface area contributed by atoms with Crippen LogP contribution in [0.4, 0.5) is 0 Å². The minimum Gasteiger partial charge on any atom is -0.502 e. The molecule has 0 saturated heterocycles. The lowest BCUT2D eigenvalue weighted by molar-refractivity contribution is 0.286. The van der Waals surface area contributed by atoms with E-state index in [1.165, 1.54) is 24.0 Å². The molecule has 1 heterocycles. The van der Waals surface area contributed by atoms with E-state index in [1.54, 1.807) is 11.3 Å². The van der Waals surface area contributed by atoms with Crippen LogP contribution in [0.15, 0.2) is 36.9 Å². The molecule has 0 aliphatic carbocycles. The lowest BCUT2D eigenvalue weighted by atomic mass is 10.1. The van der Waals surface area contributed by atoms with Crippen molar-refractivity contribution in [3.8, 4) is 17.2 Å². The van der Waals surface area contributed by atoms with Crippen molar-refractivity contribution in [1.29, 1.82) is 0 Å². The Kier molecular flexibility index (Phi) is 6.07. The van der Waals surface area contributed by atoms with Gasteiger partial charge in [0.05, 0.1) is 14.2 Å². The van der Waals surface area contributed by atoms with Crippen molar-refractivity contribution in [2.45, 2.75) is 20.0 Å². The number of aromatic hydroxyl groups is 1. The van der Waals surface area contributed by atoms with Gasteiger partial charge in [-0.05, 0) is 36.8 Å². The molecule has 0 aliphatic heterocycles. The average Bonchev–Trinajstić information content (AvgIpc) is 2.94. The second-order valence-electron chi connectivity index (χ2n) is 5.32. The maximum Gasteiger partial charge on any atom is 0.200 e. The molecule has 0 saturated carbocycles. The molecule has 0 bridgehead atoms. The molecule has 4 nitrogen and oxygen atoms in total. The van der Waals surface area contributed by atoms with E-state index in [-0.39, 0.29) is 5.75 Å². The Morgan fingerprint density at radius 1 is 1.17 bits per heavy atom. The molecule has 0 radical (unpaired) electrons. The predicted molar refractivity (Wildman–Crippen MR) is 94.6 cm³/mol. The van der Waals surface area contributed by atoms with E-state index in [2.05, 4.69) is 30.5 Å². The smallest absolute Gasteiger partial charge is 0.200 e. The molecule has 23 heavy (non-hydrogen) atoms. The first-order chi connectivity index (χ1) is 11.1. The molecule has 1 aromatic heterocycles. The van der Waals surface area contributed by atoms with Gasteiger partial charge in [-0.3, -0.25) is 4.90 Å². The maximum atomic E-state index is 10.0. The van der Waals surface area contributed by atoms with Crippen molar-refractivity contribution in [1.82, 2.24) is 4.90 Å². The summed E-state index contributed by atoms with van der Waals surface area (Å²) in [5, 5.41) is 10.0. The minimum absolute atomic E-state index is 0.0305. The number of methoxy groups -OCH3 is 2. The van der Waals surface area contributed by atoms with Gasteiger partial charge in [0.1, 0.15) is 0 Å². The zero-order chi connectivity index (χ0) is 16.8. The van der Waals surface area contributed by atoms with Gasteiger partial charge in [0, 0.05) is 29.4 Å². The summed E-state index contributed by atoms with van der Waals surface area (Å²) in [4.78, 5) is 4.91. The van der Waals surface area contributed by atoms with Gasteiger partial charge in [-0.15, -0.1) is 17.9 Å². The van der Waals surface area contributed by atoms with Crippen LogP contribution in [0.25, 0.3) is 0 Å². The van der Waals surface area contributed by atoms with E-state index in [9.17, 15) is 5.11 Å². The third kappa shape index (κ3) is 4.50. The Hall–Kier alpha value is -1.98. The van der Waals surface area contributed by atoms with Gasteiger partial charge < -0.3 is 14.6 Å². The summed E-state index contributed by atoms with van der Waals surface area (Å²) in [6.07, 6.45) is 1.90. The van der Waals surface area contributed by atoms with Crippen LogP contribution >= 0.6 is 11.3 Å². The Bertz CT molecular complexity index is 641. The van der Waals surface area contributed by atoms with Gasteiger partial charge >= 0.3 is 0 Å². The molecular weight excluding hydrogens is 310 g/mol. The van der Waals surface area contributed by atoms with Crippen LogP contribution in [-0.2, 0) is 13.1 Å². The minimum atomic E-state index is 0.0305. The Labute approximate surface area is 141 Å². The first kappa shape index (κ1) is 17.4. The molecule has 0 atom stereocenters. The van der Waals surface area contributed by atoms with Crippen molar-refractivity contribution in [3.05, 3.63) is 52.2 Å². The Morgan fingerprint density at radius 3 is 2.30 bits per heavy atom. The van der Waals surface area contributed by atoms with E-state index < -0.39 is 0 Å². The van der Waals surface area contributed by atoms with Crippen molar-refractivity contribution in [3.63, 3.8) is 0 Å². The van der Waals surface area contributed by atoms with Crippen LogP contribution < -0.4 is 9.47 Å². The van der Waals surface area contributed by atoms with E-state index in [0.29, 0.717) is 11.5 Å². The second-order valence-corrected chi connectivity index (χ2v) is 6.69. The van der Waals surface area contributed by atoms with Crippen LogP contribution in [0.2, 0.25) is 0 Å². The second kappa shape index (κ2) is 8.04. The van der Waals surface area contributed by atoms with Crippen LogP contribution in [0, 0.1) is 6.92 Å². The monoisotopic (exact) mass is 333 g/mol. The number of hydrogen-bond donors (Lipinski definition) is 1. The van der Waals surface area contributed by atoms with Crippen LogP contribution in [-0.4, -0.2) is 30.8 Å². The summed E-state index contributed by atoms with van der Waals surface area (Å²) in [7, 11) is 3.07. The van der Waals surface area contributed by atoms with Crippen molar-refractivity contribution >= 4 is 11.3 Å². The summed E-state index contributed by atoms with van der Waals surface area (Å²) in [5.74, 6) is 0.873. The summed E-state index contributed by atoms with van der Waals surface area (Å²) in [5.41, 5.74) is 1.02. The zero-order valence-corrected chi connectivity index (χ0v) is 14.7. The average molecular weight is 333 g/mol. The van der Waals surface area contributed by atoms with Gasteiger partial charge in [-0.25, -0.2) is 0 Å². The van der Waals surface area contributed by atoms with Crippen molar-refractivity contribution in [2.75, 3.05) is 20.8 Å². The molecule has 2 rings (SSSR count). The van der Waals surface area contributed by atoms with Crippen molar-refractivity contribution < 1.29 is 14.6 Å². The van der Waals surface area contributed by atoms with E-state index in [1.807, 2.05) is 18.2 Å². The van der Waals surface area contributed by atoms with Crippen LogP contribution in [0.1, 0.15) is 15.3 Å². The summed E-state index contributed by atoms with van der Waals surface area (Å²) in [6, 6.07) is 7.98. The third-order valence-corrected chi connectivity index (χ3v) is 4.49. The first-order valence-corrected chi connectivity index (χ1v) is 8.21. The first-order valence-electron chi connectivity index (χ1n) is 7.39. The highest BCUT2D eigenvalue weighted by atomic mass is 32.1. The highest BCUT2D eigenvalue weighted by Gasteiger charge is 2.14. The molecule has 0 unspecified atom stereocenters. The van der Waals surface area contributed by atoms with Gasteiger partial charge in [0.25, 0.3) is 0 Å². The molecule has 2 aromatic rings. The number of phenols is 1. The fourth-order valence-electron chi connectivity index (χ4n) is 2.46. The number of rotatable bonds is 8. The van der Waals surface area contributed by atoms with E-state index in [4.69, 9.17) is 9.47 Å². The fraction of sp³-hybridized carbons (Fsp3) is 0.333. The molecule has 0 aliphatic rings. The normalized spacial score (nSPS) is 10.8. The zero-order valence-electron chi connectivity index (χ0n) is 13.8. The number of aryl methyl sites for hydroxylation is 1. The van der Waals surface area contributed by atoms with Gasteiger partial charge in [-0.2, -0.15) is 0 Å². The molecule has 124 valence electrons. The number of phenolic OH excluding ortho intramolecular Hbond substituents is 1. The summed E-state index contributed by atoms with van der Waals surface area (Å²) in [6.45, 7) is 8.31. The Morgan fingerprint density at radius 2 is 1.83 bits per heavy atom. The topological polar surface area (TPSA) is 41.9 Å². The Balaban J connectivity index is 2.20. The molecule has 5 heteroatoms. The highest BCUT2D eigenvalue weighted by Crippen LogP contribution is 2.37. The number of hydrogen-bond acceptors (Lipinski definition) is 5. The lowest BCUT2D eigenvalue weighted by Crippen LogP contribution is -2.22. The van der Waals surface area contributed by atoms with Crippen molar-refractivity contribution in [2.24, 2.45) is 0 Å². The lowest BCUT2D eigenvalue weighted by Gasteiger charge is -2.21. The van der Waals surface area contributed by atoms with Gasteiger partial charge in [0.2, 0.25) is 5.75 Å². The third-order valence-electron chi connectivity index (χ3n) is 3.51.